The summed E-state index contributed by atoms with van der Waals surface area (Å²) in [6, 6.07) is 11.5. The summed E-state index contributed by atoms with van der Waals surface area (Å²) in [5.74, 6) is 0.154. The van der Waals surface area contributed by atoms with E-state index in [2.05, 4.69) is 9.88 Å². The van der Waals surface area contributed by atoms with Crippen LogP contribution in [0.3, 0.4) is 0 Å². The molecule has 0 fully saturated rings. The van der Waals surface area contributed by atoms with Crippen LogP contribution in [0.25, 0.3) is 0 Å². The molecule has 0 aliphatic heterocycles. The normalized spacial score (nSPS) is 12.4. The van der Waals surface area contributed by atoms with E-state index < -0.39 is 0 Å². The first-order valence-electron chi connectivity index (χ1n) is 6.78. The standard InChI is InChI=1S/C17H20N2O/c1-13-4-6-16(7-5-13)17(20)14(2)19(3)12-15-8-10-18-11-9-15/h4-11,14H,12H2,1-3H3. The zero-order chi connectivity index (χ0) is 14.5. The van der Waals surface area contributed by atoms with Crippen molar-refractivity contribution >= 4 is 5.78 Å². The van der Waals surface area contributed by atoms with E-state index in [-0.39, 0.29) is 11.8 Å². The van der Waals surface area contributed by atoms with Crippen LogP contribution in [0.5, 0.6) is 0 Å². The summed E-state index contributed by atoms with van der Waals surface area (Å²) in [7, 11) is 1.97. The van der Waals surface area contributed by atoms with Crippen LogP contribution in [0.1, 0.15) is 28.4 Å². The molecule has 0 aliphatic rings. The largest absolute Gasteiger partial charge is 0.292 e. The lowest BCUT2D eigenvalue weighted by molar-refractivity contribution is 0.0862. The average Bonchev–Trinajstić information content (AvgIpc) is 2.47. The van der Waals surface area contributed by atoms with Crippen molar-refractivity contribution < 1.29 is 4.79 Å². The van der Waals surface area contributed by atoms with Gasteiger partial charge in [-0.15, -0.1) is 0 Å². The Morgan fingerprint density at radius 2 is 1.75 bits per heavy atom. The summed E-state index contributed by atoms with van der Waals surface area (Å²) in [4.78, 5) is 18.5. The molecule has 0 saturated carbocycles. The highest BCUT2D eigenvalue weighted by atomic mass is 16.1. The lowest BCUT2D eigenvalue weighted by Gasteiger charge is -2.23. The van der Waals surface area contributed by atoms with Crippen LogP contribution in [-0.2, 0) is 6.54 Å². The molecule has 1 aromatic carbocycles. The summed E-state index contributed by atoms with van der Waals surface area (Å²) < 4.78 is 0. The second-order valence-corrected chi connectivity index (χ2v) is 5.18. The maximum absolute atomic E-state index is 12.4. The van der Waals surface area contributed by atoms with E-state index in [9.17, 15) is 4.79 Å². The first-order chi connectivity index (χ1) is 9.58. The average molecular weight is 268 g/mol. The van der Waals surface area contributed by atoms with E-state index in [0.717, 1.165) is 17.7 Å². The van der Waals surface area contributed by atoms with E-state index in [1.165, 1.54) is 5.56 Å². The molecule has 1 atom stereocenters. The molecule has 2 aromatic rings. The molecule has 0 spiro atoms. The van der Waals surface area contributed by atoms with Gasteiger partial charge in [0.25, 0.3) is 0 Å². The maximum atomic E-state index is 12.4. The van der Waals surface area contributed by atoms with Crippen molar-refractivity contribution in [3.05, 3.63) is 65.5 Å². The highest BCUT2D eigenvalue weighted by Crippen LogP contribution is 2.12. The number of rotatable bonds is 5. The van der Waals surface area contributed by atoms with Gasteiger partial charge in [0, 0.05) is 24.5 Å². The lowest BCUT2D eigenvalue weighted by atomic mass is 10.0. The first-order valence-corrected chi connectivity index (χ1v) is 6.78. The number of nitrogens with zero attached hydrogens (tertiary/aromatic N) is 2. The second-order valence-electron chi connectivity index (χ2n) is 5.18. The van der Waals surface area contributed by atoms with Crippen LogP contribution >= 0.6 is 0 Å². The molecule has 0 radical (unpaired) electrons. The van der Waals surface area contributed by atoms with E-state index in [4.69, 9.17) is 0 Å². The Hall–Kier alpha value is -2.00. The van der Waals surface area contributed by atoms with Gasteiger partial charge < -0.3 is 0 Å². The van der Waals surface area contributed by atoms with Crippen LogP contribution in [0.4, 0.5) is 0 Å². The van der Waals surface area contributed by atoms with E-state index >= 15 is 0 Å². The predicted octanol–water partition coefficient (Wildman–Crippen LogP) is 3.09. The first kappa shape index (κ1) is 14.4. The van der Waals surface area contributed by atoms with Gasteiger partial charge in [0.15, 0.2) is 5.78 Å². The minimum atomic E-state index is -0.147. The highest BCUT2D eigenvalue weighted by Gasteiger charge is 2.19. The van der Waals surface area contributed by atoms with Gasteiger partial charge in [-0.2, -0.15) is 0 Å². The molecule has 0 saturated heterocycles. The molecule has 0 aliphatic carbocycles. The second kappa shape index (κ2) is 6.44. The zero-order valence-corrected chi connectivity index (χ0v) is 12.2. The van der Waals surface area contributed by atoms with Crippen molar-refractivity contribution in [1.82, 2.24) is 9.88 Å². The lowest BCUT2D eigenvalue weighted by Crippen LogP contribution is -2.35. The number of hydrogen-bond donors (Lipinski definition) is 0. The molecule has 3 heteroatoms. The minimum absolute atomic E-state index is 0.147. The van der Waals surface area contributed by atoms with Gasteiger partial charge in [-0.3, -0.25) is 14.7 Å². The topological polar surface area (TPSA) is 33.2 Å². The molecule has 20 heavy (non-hydrogen) atoms. The summed E-state index contributed by atoms with van der Waals surface area (Å²) in [6.45, 7) is 4.71. The van der Waals surface area contributed by atoms with E-state index in [0.29, 0.717) is 0 Å². The van der Waals surface area contributed by atoms with Crippen molar-refractivity contribution in [2.75, 3.05) is 7.05 Å². The van der Waals surface area contributed by atoms with Crippen molar-refractivity contribution in [3.8, 4) is 0 Å². The number of ketones is 1. The fourth-order valence-corrected chi connectivity index (χ4v) is 2.07. The van der Waals surface area contributed by atoms with Crippen LogP contribution < -0.4 is 0 Å². The van der Waals surface area contributed by atoms with Gasteiger partial charge in [0.2, 0.25) is 0 Å². The Balaban J connectivity index is 2.04. The number of likely N-dealkylation sites (N-methyl/N-ethyl adjacent to an activating group) is 1. The third-order valence-corrected chi connectivity index (χ3v) is 3.56. The Morgan fingerprint density at radius 3 is 2.35 bits per heavy atom. The molecule has 0 amide bonds. The quantitative estimate of drug-likeness (QED) is 0.781. The van der Waals surface area contributed by atoms with Crippen LogP contribution in [0, 0.1) is 6.92 Å². The van der Waals surface area contributed by atoms with Crippen LogP contribution in [-0.4, -0.2) is 28.8 Å². The third kappa shape index (κ3) is 3.52. The number of benzene rings is 1. The number of hydrogen-bond acceptors (Lipinski definition) is 3. The monoisotopic (exact) mass is 268 g/mol. The minimum Gasteiger partial charge on any atom is -0.292 e. The van der Waals surface area contributed by atoms with Gasteiger partial charge >= 0.3 is 0 Å². The number of aryl methyl sites for hydroxylation is 1. The summed E-state index contributed by atoms with van der Waals surface area (Å²) in [5, 5.41) is 0. The maximum Gasteiger partial charge on any atom is 0.179 e. The summed E-state index contributed by atoms with van der Waals surface area (Å²) in [5.41, 5.74) is 3.09. The fourth-order valence-electron chi connectivity index (χ4n) is 2.07. The van der Waals surface area contributed by atoms with Gasteiger partial charge in [0.05, 0.1) is 6.04 Å². The van der Waals surface area contributed by atoms with E-state index in [1.807, 2.05) is 57.3 Å². The number of aromatic nitrogens is 1. The Labute approximate surface area is 120 Å². The fraction of sp³-hybridized carbons (Fsp3) is 0.294. The molecule has 1 heterocycles. The molecule has 0 N–H and O–H groups in total. The number of carbonyl (C=O) groups is 1. The van der Waals surface area contributed by atoms with Crippen LogP contribution in [0.2, 0.25) is 0 Å². The zero-order valence-electron chi connectivity index (χ0n) is 12.2. The molecular weight excluding hydrogens is 248 g/mol. The number of pyridine rings is 1. The molecule has 1 unspecified atom stereocenters. The number of carbonyl (C=O) groups excluding carboxylic acids is 1. The summed E-state index contributed by atoms with van der Waals surface area (Å²) >= 11 is 0. The molecule has 0 bridgehead atoms. The highest BCUT2D eigenvalue weighted by molar-refractivity contribution is 5.99. The van der Waals surface area contributed by atoms with Crippen molar-refractivity contribution in [3.63, 3.8) is 0 Å². The molecule has 3 nitrogen and oxygen atoms in total. The van der Waals surface area contributed by atoms with E-state index in [1.54, 1.807) is 12.4 Å². The molecule has 2 rings (SSSR count). The SMILES string of the molecule is Cc1ccc(C(=O)C(C)N(C)Cc2ccncc2)cc1. The number of Topliss-reactive ketones (excluding diaryl/α,β-unsaturated/α-hetero) is 1. The van der Waals surface area contributed by atoms with Gasteiger partial charge in [-0.1, -0.05) is 29.8 Å². The Kier molecular flexibility index (Phi) is 4.64. The molecule has 1 aromatic heterocycles. The smallest absolute Gasteiger partial charge is 0.179 e. The van der Waals surface area contributed by atoms with Gasteiger partial charge in [-0.05, 0) is 38.6 Å². The Bertz CT molecular complexity index is 563. The van der Waals surface area contributed by atoms with Crippen molar-refractivity contribution in [1.29, 1.82) is 0 Å². The third-order valence-electron chi connectivity index (χ3n) is 3.56. The van der Waals surface area contributed by atoms with Gasteiger partial charge in [-0.25, -0.2) is 0 Å². The molecule has 104 valence electrons. The molecular formula is C17H20N2O. The Morgan fingerprint density at radius 1 is 1.15 bits per heavy atom. The van der Waals surface area contributed by atoms with Crippen molar-refractivity contribution in [2.24, 2.45) is 0 Å². The van der Waals surface area contributed by atoms with Crippen LogP contribution in [0.15, 0.2) is 48.8 Å². The summed E-state index contributed by atoms with van der Waals surface area (Å²) in [6.07, 6.45) is 3.55. The van der Waals surface area contributed by atoms with Crippen molar-refractivity contribution in [2.45, 2.75) is 26.4 Å². The van der Waals surface area contributed by atoms with Gasteiger partial charge in [0.1, 0.15) is 0 Å². The predicted molar refractivity (Wildman–Crippen MR) is 80.7 cm³/mol.